The molecule has 6 heteroatoms. The third kappa shape index (κ3) is 3.15. The summed E-state index contributed by atoms with van der Waals surface area (Å²) in [6.45, 7) is 3.36. The Morgan fingerprint density at radius 1 is 1.33 bits per heavy atom. The van der Waals surface area contributed by atoms with Gasteiger partial charge in [0.05, 0.1) is 30.3 Å². The fourth-order valence-corrected chi connectivity index (χ4v) is 3.19. The average Bonchev–Trinajstić information content (AvgIpc) is 3.12. The van der Waals surface area contributed by atoms with Gasteiger partial charge in [-0.05, 0) is 44.1 Å². The molecular weight excluding hydrogens is 292 g/mol. The van der Waals surface area contributed by atoms with Crippen LogP contribution in [-0.2, 0) is 4.74 Å². The van der Waals surface area contributed by atoms with Crippen LogP contribution in [0, 0.1) is 0 Å². The first-order chi connectivity index (χ1) is 10.1. The zero-order valence-electron chi connectivity index (χ0n) is 11.7. The van der Waals surface area contributed by atoms with E-state index >= 15 is 0 Å². The minimum Gasteiger partial charge on any atom is -0.506 e. The SMILES string of the molecule is O=C(N[C@H]1COC[C@@H]1N1CCCC1)c1ccc(O)c(Cl)c1. The smallest absolute Gasteiger partial charge is 0.251 e. The first-order valence-electron chi connectivity index (χ1n) is 7.26. The molecule has 2 saturated heterocycles. The van der Waals surface area contributed by atoms with Gasteiger partial charge in [-0.1, -0.05) is 11.6 Å². The Bertz CT molecular complexity index is 532. The topological polar surface area (TPSA) is 61.8 Å². The third-order valence-corrected chi connectivity index (χ3v) is 4.49. The quantitative estimate of drug-likeness (QED) is 0.891. The predicted octanol–water partition coefficient (Wildman–Crippen LogP) is 1.64. The highest BCUT2D eigenvalue weighted by molar-refractivity contribution is 6.32. The molecule has 5 nitrogen and oxygen atoms in total. The van der Waals surface area contributed by atoms with Gasteiger partial charge >= 0.3 is 0 Å². The first-order valence-corrected chi connectivity index (χ1v) is 7.64. The molecule has 0 aliphatic carbocycles. The molecule has 0 unspecified atom stereocenters. The Balaban J connectivity index is 1.67. The molecule has 1 aromatic carbocycles. The highest BCUT2D eigenvalue weighted by Gasteiger charge is 2.35. The van der Waals surface area contributed by atoms with Crippen molar-refractivity contribution >= 4 is 17.5 Å². The van der Waals surface area contributed by atoms with Crippen LogP contribution in [0.25, 0.3) is 0 Å². The van der Waals surface area contributed by atoms with Crippen molar-refractivity contribution in [2.24, 2.45) is 0 Å². The summed E-state index contributed by atoms with van der Waals surface area (Å²) in [5.74, 6) is -0.205. The van der Waals surface area contributed by atoms with Gasteiger partial charge in [0.25, 0.3) is 5.91 Å². The van der Waals surface area contributed by atoms with Gasteiger partial charge < -0.3 is 15.2 Å². The predicted molar refractivity (Wildman–Crippen MR) is 79.8 cm³/mol. The molecular formula is C15H19ClN2O3. The number of benzene rings is 1. The normalized spacial score (nSPS) is 26.1. The molecule has 0 aromatic heterocycles. The maximum atomic E-state index is 12.3. The van der Waals surface area contributed by atoms with E-state index in [0.29, 0.717) is 18.8 Å². The van der Waals surface area contributed by atoms with Crippen molar-refractivity contribution in [1.29, 1.82) is 0 Å². The number of nitrogens with zero attached hydrogens (tertiary/aromatic N) is 1. The Hall–Kier alpha value is -1.30. The molecule has 0 saturated carbocycles. The summed E-state index contributed by atoms with van der Waals surface area (Å²) in [6, 6.07) is 4.73. The Labute approximate surface area is 128 Å². The largest absolute Gasteiger partial charge is 0.506 e. The van der Waals surface area contributed by atoms with Crippen molar-refractivity contribution in [3.63, 3.8) is 0 Å². The van der Waals surface area contributed by atoms with E-state index in [1.807, 2.05) is 0 Å². The number of hydrogen-bond donors (Lipinski definition) is 2. The van der Waals surface area contributed by atoms with Gasteiger partial charge in [0.2, 0.25) is 0 Å². The van der Waals surface area contributed by atoms with Crippen LogP contribution in [0.5, 0.6) is 5.75 Å². The van der Waals surface area contributed by atoms with Crippen molar-refractivity contribution < 1.29 is 14.6 Å². The van der Waals surface area contributed by atoms with Crippen LogP contribution >= 0.6 is 11.6 Å². The maximum Gasteiger partial charge on any atom is 0.251 e. The van der Waals surface area contributed by atoms with E-state index in [9.17, 15) is 9.90 Å². The van der Waals surface area contributed by atoms with Gasteiger partial charge in [-0.15, -0.1) is 0 Å². The van der Waals surface area contributed by atoms with Crippen LogP contribution < -0.4 is 5.32 Å². The lowest BCUT2D eigenvalue weighted by Gasteiger charge is -2.27. The summed E-state index contributed by atoms with van der Waals surface area (Å²) < 4.78 is 5.54. The molecule has 1 aromatic rings. The van der Waals surface area contributed by atoms with E-state index in [0.717, 1.165) is 13.1 Å². The number of phenolic OH excluding ortho intramolecular Hbond substituents is 1. The van der Waals surface area contributed by atoms with E-state index in [-0.39, 0.29) is 28.8 Å². The van der Waals surface area contributed by atoms with Crippen LogP contribution in [-0.4, -0.2) is 54.3 Å². The standard InChI is InChI=1S/C15H19ClN2O3/c16-11-7-10(3-4-14(11)19)15(20)17-12-8-21-9-13(12)18-5-1-2-6-18/h3-4,7,12-13,19H,1-2,5-6,8-9H2,(H,17,20)/t12-,13-/m0/s1. The van der Waals surface area contributed by atoms with E-state index in [2.05, 4.69) is 10.2 Å². The second kappa shape index (κ2) is 6.22. The highest BCUT2D eigenvalue weighted by atomic mass is 35.5. The number of ether oxygens (including phenoxy) is 1. The number of rotatable bonds is 3. The zero-order chi connectivity index (χ0) is 14.8. The van der Waals surface area contributed by atoms with E-state index in [1.165, 1.54) is 25.0 Å². The molecule has 2 fully saturated rings. The van der Waals surface area contributed by atoms with Gasteiger partial charge in [0.15, 0.2) is 0 Å². The van der Waals surface area contributed by atoms with Gasteiger partial charge in [0.1, 0.15) is 5.75 Å². The minimum absolute atomic E-state index is 0.00294. The van der Waals surface area contributed by atoms with Crippen LogP contribution in [0.2, 0.25) is 5.02 Å². The number of amides is 1. The highest BCUT2D eigenvalue weighted by Crippen LogP contribution is 2.24. The lowest BCUT2D eigenvalue weighted by molar-refractivity contribution is 0.0916. The number of nitrogens with one attached hydrogen (secondary N) is 1. The fourth-order valence-electron chi connectivity index (χ4n) is 3.01. The molecule has 2 heterocycles. The summed E-state index contributed by atoms with van der Waals surface area (Å²) in [5, 5.41) is 12.6. The number of phenols is 1. The van der Waals surface area contributed by atoms with Crippen molar-refractivity contribution in [2.45, 2.75) is 24.9 Å². The Morgan fingerprint density at radius 2 is 2.10 bits per heavy atom. The van der Waals surface area contributed by atoms with Crippen molar-refractivity contribution in [3.8, 4) is 5.75 Å². The van der Waals surface area contributed by atoms with Crippen LogP contribution in [0.1, 0.15) is 23.2 Å². The number of carbonyl (C=O) groups is 1. The van der Waals surface area contributed by atoms with E-state index in [4.69, 9.17) is 16.3 Å². The second-order valence-electron chi connectivity index (χ2n) is 5.59. The third-order valence-electron chi connectivity index (χ3n) is 4.19. The van der Waals surface area contributed by atoms with Gasteiger partial charge in [-0.3, -0.25) is 9.69 Å². The van der Waals surface area contributed by atoms with Crippen LogP contribution in [0.4, 0.5) is 0 Å². The number of likely N-dealkylation sites (tertiary alicyclic amines) is 1. The van der Waals surface area contributed by atoms with E-state index < -0.39 is 0 Å². The molecule has 2 aliphatic rings. The van der Waals surface area contributed by atoms with Crippen molar-refractivity contribution in [2.75, 3.05) is 26.3 Å². The molecule has 3 rings (SSSR count). The number of aromatic hydroxyl groups is 1. The van der Waals surface area contributed by atoms with Crippen LogP contribution in [0.3, 0.4) is 0 Å². The monoisotopic (exact) mass is 310 g/mol. The number of carbonyl (C=O) groups excluding carboxylic acids is 1. The average molecular weight is 311 g/mol. The summed E-state index contributed by atoms with van der Waals surface area (Å²) in [4.78, 5) is 14.7. The molecule has 1 amide bonds. The van der Waals surface area contributed by atoms with Crippen molar-refractivity contribution in [1.82, 2.24) is 10.2 Å². The molecule has 2 N–H and O–H groups in total. The Morgan fingerprint density at radius 3 is 2.81 bits per heavy atom. The molecule has 0 bridgehead atoms. The van der Waals surface area contributed by atoms with E-state index in [1.54, 1.807) is 6.07 Å². The molecule has 114 valence electrons. The molecule has 0 radical (unpaired) electrons. The summed E-state index contributed by atoms with van der Waals surface area (Å²) in [7, 11) is 0. The van der Waals surface area contributed by atoms with Crippen molar-refractivity contribution in [3.05, 3.63) is 28.8 Å². The Kier molecular flexibility index (Phi) is 4.33. The first kappa shape index (κ1) is 14.6. The van der Waals surface area contributed by atoms with Gasteiger partial charge in [0, 0.05) is 5.56 Å². The molecule has 2 atom stereocenters. The lowest BCUT2D eigenvalue weighted by Crippen LogP contribution is -2.50. The molecule has 21 heavy (non-hydrogen) atoms. The number of halogens is 1. The summed E-state index contributed by atoms with van der Waals surface area (Å²) in [6.07, 6.45) is 2.43. The summed E-state index contributed by atoms with van der Waals surface area (Å²) >= 11 is 5.84. The van der Waals surface area contributed by atoms with Gasteiger partial charge in [-0.25, -0.2) is 0 Å². The zero-order valence-corrected chi connectivity index (χ0v) is 12.5. The maximum absolute atomic E-state index is 12.3. The molecule has 2 aliphatic heterocycles. The van der Waals surface area contributed by atoms with Gasteiger partial charge in [-0.2, -0.15) is 0 Å². The second-order valence-corrected chi connectivity index (χ2v) is 6.00. The summed E-state index contributed by atoms with van der Waals surface area (Å²) in [5.41, 5.74) is 0.449. The van der Waals surface area contributed by atoms with Crippen LogP contribution in [0.15, 0.2) is 18.2 Å². The number of hydrogen-bond acceptors (Lipinski definition) is 4. The fraction of sp³-hybridized carbons (Fsp3) is 0.533. The lowest BCUT2D eigenvalue weighted by atomic mass is 10.1. The molecule has 0 spiro atoms. The minimum atomic E-state index is -0.184.